The van der Waals surface area contributed by atoms with Crippen LogP contribution in [0.2, 0.25) is 0 Å². The molecule has 0 rings (SSSR count). The molecule has 24 heavy (non-hydrogen) atoms. The molecule has 0 aromatic heterocycles. The van der Waals surface area contributed by atoms with E-state index in [0.29, 0.717) is 39.6 Å². The highest BCUT2D eigenvalue weighted by molar-refractivity contribution is 6.36. The van der Waals surface area contributed by atoms with E-state index in [2.05, 4.69) is 0 Å². The van der Waals surface area contributed by atoms with Crippen molar-refractivity contribution < 1.29 is 36.8 Å². The van der Waals surface area contributed by atoms with E-state index in [1.807, 2.05) is 41.5 Å². The number of hydrogen-bond donors (Lipinski definition) is 2. The Hall–Kier alpha value is 0.114. The van der Waals surface area contributed by atoms with Gasteiger partial charge in [-0.25, -0.2) is 0 Å². The number of aliphatic hydroxyl groups is 2. The summed E-state index contributed by atoms with van der Waals surface area (Å²) in [5.41, 5.74) is 0. The first-order valence-electron chi connectivity index (χ1n) is 8.52. The van der Waals surface area contributed by atoms with Gasteiger partial charge in [-0.05, 0) is 41.5 Å². The first-order chi connectivity index (χ1) is 11.6. The topological polar surface area (TPSA) is 95.8 Å². The molecule has 0 unspecified atom stereocenters. The predicted octanol–water partition coefficient (Wildman–Crippen LogP) is 0.597. The van der Waals surface area contributed by atoms with Crippen LogP contribution in [-0.4, -0.2) is 82.1 Å². The maximum Gasteiger partial charge on any atom is 0.484 e. The van der Waals surface area contributed by atoms with Gasteiger partial charge < -0.3 is 36.8 Å². The molecule has 0 aliphatic carbocycles. The Morgan fingerprint density at radius 1 is 0.458 bits per heavy atom. The molecule has 0 fully saturated rings. The molecule has 10 heteroatoms. The summed E-state index contributed by atoms with van der Waals surface area (Å²) in [6, 6.07) is 0. The molecule has 0 heterocycles. The molecular formula is C14H38O8Si2. The molecule has 150 valence electrons. The van der Waals surface area contributed by atoms with Gasteiger partial charge in [0.25, 0.3) is 0 Å². The summed E-state index contributed by atoms with van der Waals surface area (Å²) in [5, 5.41) is 15.2. The molecule has 0 aliphatic rings. The second kappa shape index (κ2) is 27.9. The smallest absolute Gasteiger partial charge is 0.394 e. The van der Waals surface area contributed by atoms with E-state index in [4.69, 9.17) is 36.8 Å². The third-order valence-electron chi connectivity index (χ3n) is 1.92. The van der Waals surface area contributed by atoms with Gasteiger partial charge in [-0.3, -0.25) is 0 Å². The summed E-state index contributed by atoms with van der Waals surface area (Å²) in [4.78, 5) is 0. The second-order valence-electron chi connectivity index (χ2n) is 3.76. The van der Waals surface area contributed by atoms with Crippen LogP contribution in [0.15, 0.2) is 0 Å². The van der Waals surface area contributed by atoms with Crippen LogP contribution < -0.4 is 0 Å². The Morgan fingerprint density at radius 2 is 0.625 bits per heavy atom. The normalized spacial score (nSPS) is 10.2. The maximum atomic E-state index is 7.62. The Morgan fingerprint density at radius 3 is 0.708 bits per heavy atom. The molecule has 8 nitrogen and oxygen atoms in total. The van der Waals surface area contributed by atoms with Gasteiger partial charge in [0.05, 0.1) is 13.2 Å². The van der Waals surface area contributed by atoms with Gasteiger partial charge in [-0.1, -0.05) is 0 Å². The van der Waals surface area contributed by atoms with Crippen LogP contribution in [0.5, 0.6) is 0 Å². The van der Waals surface area contributed by atoms with Crippen molar-refractivity contribution in [2.45, 2.75) is 41.5 Å². The summed E-state index contributed by atoms with van der Waals surface area (Å²) in [6.07, 6.45) is 0. The maximum absolute atomic E-state index is 7.62. The largest absolute Gasteiger partial charge is 0.484 e. The quantitative estimate of drug-likeness (QED) is 0.441. The molecule has 0 atom stereocenters. The van der Waals surface area contributed by atoms with Crippen molar-refractivity contribution in [2.75, 3.05) is 52.9 Å². The molecule has 0 radical (unpaired) electrons. The van der Waals surface area contributed by atoms with E-state index in [-0.39, 0.29) is 13.2 Å². The third kappa shape index (κ3) is 27.0. The van der Waals surface area contributed by atoms with Crippen LogP contribution in [0.3, 0.4) is 0 Å². The Labute approximate surface area is 150 Å². The molecule has 0 saturated heterocycles. The SMILES string of the molecule is CCO[SiH](OCC)OCC.CCO[SiH](OCC)OCC.OCCO. The minimum absolute atomic E-state index is 0.125. The van der Waals surface area contributed by atoms with Gasteiger partial charge in [0.1, 0.15) is 0 Å². The highest BCUT2D eigenvalue weighted by atomic mass is 28.3. The third-order valence-corrected chi connectivity index (χ3v) is 5.55. The van der Waals surface area contributed by atoms with Crippen LogP contribution in [0.1, 0.15) is 41.5 Å². The van der Waals surface area contributed by atoms with Gasteiger partial charge in [0.2, 0.25) is 0 Å². The van der Waals surface area contributed by atoms with E-state index < -0.39 is 19.1 Å². The summed E-state index contributed by atoms with van der Waals surface area (Å²) < 4.78 is 31.3. The molecule has 0 amide bonds. The zero-order valence-corrected chi connectivity index (χ0v) is 18.5. The van der Waals surface area contributed by atoms with Gasteiger partial charge in [0, 0.05) is 39.6 Å². The highest BCUT2D eigenvalue weighted by Gasteiger charge is 2.11. The van der Waals surface area contributed by atoms with Crippen molar-refractivity contribution in [1.82, 2.24) is 0 Å². The van der Waals surface area contributed by atoms with Crippen molar-refractivity contribution in [3.8, 4) is 0 Å². The van der Waals surface area contributed by atoms with E-state index in [1.54, 1.807) is 0 Å². The van der Waals surface area contributed by atoms with E-state index in [0.717, 1.165) is 0 Å². The lowest BCUT2D eigenvalue weighted by Gasteiger charge is -2.12. The van der Waals surface area contributed by atoms with Crippen molar-refractivity contribution in [3.63, 3.8) is 0 Å². The van der Waals surface area contributed by atoms with Crippen LogP contribution in [0.4, 0.5) is 0 Å². The van der Waals surface area contributed by atoms with E-state index >= 15 is 0 Å². The van der Waals surface area contributed by atoms with Gasteiger partial charge >= 0.3 is 19.1 Å². The molecule has 2 N–H and O–H groups in total. The standard InChI is InChI=1S/2C6H16O3Si.C2H6O2/c2*1-4-7-10(8-5-2)9-6-3;3-1-2-4/h2*10H,4-6H2,1-3H3;3-4H,1-2H2. The minimum Gasteiger partial charge on any atom is -0.394 e. The summed E-state index contributed by atoms with van der Waals surface area (Å²) in [6.45, 7) is 15.5. The number of rotatable bonds is 13. The van der Waals surface area contributed by atoms with Crippen LogP contribution >= 0.6 is 0 Å². The second-order valence-corrected chi connectivity index (χ2v) is 6.91. The van der Waals surface area contributed by atoms with Crippen molar-refractivity contribution >= 4 is 19.1 Å². The van der Waals surface area contributed by atoms with Crippen LogP contribution in [-0.2, 0) is 26.6 Å². The molecule has 0 aliphatic heterocycles. The summed E-state index contributed by atoms with van der Waals surface area (Å²) in [5.74, 6) is 0. The van der Waals surface area contributed by atoms with E-state index in [9.17, 15) is 0 Å². The minimum atomic E-state index is -1.73. The highest BCUT2D eigenvalue weighted by Crippen LogP contribution is 1.91. The fourth-order valence-electron chi connectivity index (χ4n) is 1.11. The molecule has 0 bridgehead atoms. The fraction of sp³-hybridized carbons (Fsp3) is 1.00. The lowest BCUT2D eigenvalue weighted by atomic mass is 10.8. The van der Waals surface area contributed by atoms with Crippen molar-refractivity contribution in [3.05, 3.63) is 0 Å². The number of aliphatic hydroxyl groups excluding tert-OH is 2. The zero-order chi connectivity index (χ0) is 19.1. The summed E-state index contributed by atoms with van der Waals surface area (Å²) >= 11 is 0. The first kappa shape index (κ1) is 28.9. The fourth-order valence-corrected chi connectivity index (χ4v) is 3.32. The number of hydrogen-bond acceptors (Lipinski definition) is 8. The molecule has 0 aromatic carbocycles. The first-order valence-corrected chi connectivity index (χ1v) is 11.3. The van der Waals surface area contributed by atoms with Crippen molar-refractivity contribution in [2.24, 2.45) is 0 Å². The Bertz CT molecular complexity index is 155. The van der Waals surface area contributed by atoms with Crippen LogP contribution in [0, 0.1) is 0 Å². The molecule has 0 saturated carbocycles. The van der Waals surface area contributed by atoms with Crippen molar-refractivity contribution in [1.29, 1.82) is 0 Å². The van der Waals surface area contributed by atoms with E-state index in [1.165, 1.54) is 0 Å². The van der Waals surface area contributed by atoms with Crippen LogP contribution in [0.25, 0.3) is 0 Å². The molecule has 0 spiro atoms. The Kier molecular flexibility index (Phi) is 33.6. The predicted molar refractivity (Wildman–Crippen MR) is 98.2 cm³/mol. The van der Waals surface area contributed by atoms with Gasteiger partial charge in [0.15, 0.2) is 0 Å². The average molecular weight is 391 g/mol. The monoisotopic (exact) mass is 390 g/mol. The molecular weight excluding hydrogens is 352 g/mol. The summed E-state index contributed by atoms with van der Waals surface area (Å²) in [7, 11) is -3.47. The average Bonchev–Trinajstić information content (AvgIpc) is 2.57. The zero-order valence-electron chi connectivity index (χ0n) is 16.2. The lowest BCUT2D eigenvalue weighted by Crippen LogP contribution is -2.27. The molecule has 0 aromatic rings. The lowest BCUT2D eigenvalue weighted by molar-refractivity contribution is 0.106. The Balaban J connectivity index is -0.000000301. The van der Waals surface area contributed by atoms with Gasteiger partial charge in [-0.15, -0.1) is 0 Å². The van der Waals surface area contributed by atoms with Gasteiger partial charge in [-0.2, -0.15) is 0 Å².